The van der Waals surface area contributed by atoms with E-state index in [2.05, 4.69) is 30.4 Å². The topological polar surface area (TPSA) is 67.1 Å². The van der Waals surface area contributed by atoms with E-state index in [1.54, 1.807) is 7.05 Å². The lowest BCUT2D eigenvalue weighted by Gasteiger charge is -2.32. The second kappa shape index (κ2) is 7.84. The molecule has 0 radical (unpaired) electrons. The van der Waals surface area contributed by atoms with Crippen LogP contribution in [0.5, 0.6) is 0 Å². The third-order valence-electron chi connectivity index (χ3n) is 5.49. The Kier molecular flexibility index (Phi) is 5.72. The van der Waals surface area contributed by atoms with Crippen molar-refractivity contribution < 1.29 is 13.2 Å². The Balaban J connectivity index is 1.49. The summed E-state index contributed by atoms with van der Waals surface area (Å²) in [6.07, 6.45) is -0.491. The number of hydrogen-bond donors (Lipinski definition) is 2. The van der Waals surface area contributed by atoms with Gasteiger partial charge in [-0.05, 0) is 38.5 Å². The lowest BCUT2D eigenvalue weighted by Crippen LogP contribution is -2.48. The van der Waals surface area contributed by atoms with Crippen LogP contribution < -0.4 is 10.6 Å². The van der Waals surface area contributed by atoms with Gasteiger partial charge in [-0.3, -0.25) is 4.99 Å². The van der Waals surface area contributed by atoms with Crippen LogP contribution >= 0.6 is 0 Å². The van der Waals surface area contributed by atoms with Gasteiger partial charge in [-0.25, -0.2) is 0 Å². The Morgan fingerprint density at radius 2 is 2.08 bits per heavy atom. The number of fused-ring (bicyclic) bond motifs is 1. The summed E-state index contributed by atoms with van der Waals surface area (Å²) in [5.74, 6) is 1.75. The molecule has 1 saturated carbocycles. The smallest absolute Gasteiger partial charge is 0.356 e. The van der Waals surface area contributed by atoms with Gasteiger partial charge < -0.3 is 15.2 Å². The maximum Gasteiger partial charge on any atom is 0.391 e. The van der Waals surface area contributed by atoms with Gasteiger partial charge in [0.05, 0.1) is 5.92 Å². The summed E-state index contributed by atoms with van der Waals surface area (Å²) in [6, 6.07) is -0.181. The highest BCUT2D eigenvalue weighted by molar-refractivity contribution is 5.79. The molecule has 3 atom stereocenters. The van der Waals surface area contributed by atoms with Gasteiger partial charge in [-0.1, -0.05) is 6.42 Å². The normalized spacial score (nSPS) is 27.1. The summed E-state index contributed by atoms with van der Waals surface area (Å²) in [7, 11) is 1.66. The van der Waals surface area contributed by atoms with E-state index in [0.717, 1.165) is 44.0 Å². The van der Waals surface area contributed by atoms with Gasteiger partial charge in [0, 0.05) is 32.6 Å². The lowest BCUT2D eigenvalue weighted by atomic mass is 9.85. The molecule has 26 heavy (non-hydrogen) atoms. The third-order valence-corrected chi connectivity index (χ3v) is 5.49. The zero-order chi connectivity index (χ0) is 18.7. The molecule has 2 heterocycles. The van der Waals surface area contributed by atoms with Crippen LogP contribution in [-0.2, 0) is 13.0 Å². The van der Waals surface area contributed by atoms with E-state index in [1.807, 2.05) is 6.92 Å². The first-order valence-electron chi connectivity index (χ1n) is 9.29. The summed E-state index contributed by atoms with van der Waals surface area (Å²) in [6.45, 7) is 3.54. The van der Waals surface area contributed by atoms with Crippen LogP contribution in [-0.4, -0.2) is 46.5 Å². The number of halogens is 3. The Morgan fingerprint density at radius 3 is 2.81 bits per heavy atom. The van der Waals surface area contributed by atoms with Crippen molar-refractivity contribution in [2.75, 3.05) is 13.6 Å². The van der Waals surface area contributed by atoms with Gasteiger partial charge in [0.1, 0.15) is 11.6 Å². The van der Waals surface area contributed by atoms with Gasteiger partial charge in [0.25, 0.3) is 0 Å². The van der Waals surface area contributed by atoms with Crippen molar-refractivity contribution in [3.63, 3.8) is 0 Å². The van der Waals surface area contributed by atoms with Crippen LogP contribution in [0.2, 0.25) is 0 Å². The number of hydrogen-bond acceptors (Lipinski definition) is 3. The van der Waals surface area contributed by atoms with Gasteiger partial charge in [-0.2, -0.15) is 13.2 Å². The van der Waals surface area contributed by atoms with Crippen molar-refractivity contribution in [2.24, 2.45) is 16.8 Å². The molecule has 1 aromatic rings. The Bertz CT molecular complexity index is 639. The maximum atomic E-state index is 13.0. The minimum atomic E-state index is -4.10. The number of nitrogens with one attached hydrogen (secondary N) is 2. The highest BCUT2D eigenvalue weighted by atomic mass is 19.4. The van der Waals surface area contributed by atoms with Crippen molar-refractivity contribution in [1.29, 1.82) is 0 Å². The number of guanidine groups is 1. The average molecular weight is 372 g/mol. The van der Waals surface area contributed by atoms with Crippen LogP contribution in [0.25, 0.3) is 0 Å². The molecule has 0 amide bonds. The van der Waals surface area contributed by atoms with Gasteiger partial charge in [-0.15, -0.1) is 10.2 Å². The maximum absolute atomic E-state index is 13.0. The Labute approximate surface area is 151 Å². The summed E-state index contributed by atoms with van der Waals surface area (Å²) in [5, 5.41) is 14.8. The molecule has 6 nitrogen and oxygen atoms in total. The molecule has 0 bridgehead atoms. The molecule has 3 unspecified atom stereocenters. The standard InChI is InChI=1S/C17H27F3N6/c1-11-24-25-15-7-6-12(10-26(11)15)9-22-16(21-2)23-14-5-3-4-13(8-14)17(18,19)20/h12-14H,3-10H2,1-2H3,(H2,21,22,23). The molecule has 0 saturated heterocycles. The van der Waals surface area contributed by atoms with Crippen molar-refractivity contribution in [2.45, 2.75) is 64.2 Å². The number of aromatic nitrogens is 3. The molecule has 1 aromatic heterocycles. The SMILES string of the molecule is CN=C(NCC1CCc2nnc(C)n2C1)NC1CCCC(C(F)(F)F)C1. The Hall–Kier alpha value is -1.80. The fourth-order valence-corrected chi connectivity index (χ4v) is 3.94. The van der Waals surface area contributed by atoms with Gasteiger partial charge in [0.2, 0.25) is 0 Å². The third kappa shape index (κ3) is 4.48. The van der Waals surface area contributed by atoms with E-state index in [1.165, 1.54) is 0 Å². The van der Waals surface area contributed by atoms with Gasteiger partial charge in [0.15, 0.2) is 5.96 Å². The van der Waals surface area contributed by atoms with E-state index in [4.69, 9.17) is 0 Å². The second-order valence-electron chi connectivity index (χ2n) is 7.38. The van der Waals surface area contributed by atoms with Crippen LogP contribution in [0.15, 0.2) is 4.99 Å². The summed E-state index contributed by atoms with van der Waals surface area (Å²) in [5.41, 5.74) is 0. The van der Waals surface area contributed by atoms with Crippen LogP contribution in [0.4, 0.5) is 13.2 Å². The first-order chi connectivity index (χ1) is 12.4. The van der Waals surface area contributed by atoms with Crippen LogP contribution in [0.3, 0.4) is 0 Å². The number of nitrogens with zero attached hydrogens (tertiary/aromatic N) is 4. The lowest BCUT2D eigenvalue weighted by molar-refractivity contribution is -0.183. The van der Waals surface area contributed by atoms with Crippen molar-refractivity contribution in [3.8, 4) is 0 Å². The molecule has 0 spiro atoms. The fraction of sp³-hybridized carbons (Fsp3) is 0.824. The predicted molar refractivity (Wildman–Crippen MR) is 92.9 cm³/mol. The first kappa shape index (κ1) is 19.0. The number of rotatable bonds is 3. The molecule has 0 aromatic carbocycles. The number of alkyl halides is 3. The molecule has 1 aliphatic heterocycles. The summed E-state index contributed by atoms with van der Waals surface area (Å²) in [4.78, 5) is 4.19. The van der Waals surface area contributed by atoms with Crippen LogP contribution in [0, 0.1) is 18.8 Å². The minimum absolute atomic E-state index is 0.122. The van der Waals surface area contributed by atoms with Crippen molar-refractivity contribution in [1.82, 2.24) is 25.4 Å². The van der Waals surface area contributed by atoms with Crippen LogP contribution in [0.1, 0.15) is 43.8 Å². The zero-order valence-electron chi connectivity index (χ0n) is 15.3. The average Bonchev–Trinajstić information content (AvgIpc) is 2.99. The van der Waals surface area contributed by atoms with Crippen molar-refractivity contribution in [3.05, 3.63) is 11.6 Å². The molecular formula is C17H27F3N6. The van der Waals surface area contributed by atoms with E-state index >= 15 is 0 Å². The molecule has 146 valence electrons. The predicted octanol–water partition coefficient (Wildman–Crippen LogP) is 2.44. The first-order valence-corrected chi connectivity index (χ1v) is 9.29. The van der Waals surface area contributed by atoms with E-state index in [0.29, 0.717) is 18.3 Å². The zero-order valence-corrected chi connectivity index (χ0v) is 15.3. The molecule has 9 heteroatoms. The molecular weight excluding hydrogens is 345 g/mol. The van der Waals surface area contributed by atoms with E-state index in [9.17, 15) is 13.2 Å². The summed E-state index contributed by atoms with van der Waals surface area (Å²) < 4.78 is 41.0. The van der Waals surface area contributed by atoms with Crippen molar-refractivity contribution >= 4 is 5.96 Å². The number of aliphatic imine (C=N–C) groups is 1. The molecule has 2 N–H and O–H groups in total. The number of aryl methyl sites for hydroxylation is 2. The highest BCUT2D eigenvalue weighted by Gasteiger charge is 2.42. The second-order valence-corrected chi connectivity index (χ2v) is 7.38. The molecule has 1 fully saturated rings. The Morgan fingerprint density at radius 1 is 1.27 bits per heavy atom. The van der Waals surface area contributed by atoms with Gasteiger partial charge >= 0.3 is 6.18 Å². The quantitative estimate of drug-likeness (QED) is 0.632. The highest BCUT2D eigenvalue weighted by Crippen LogP contribution is 2.37. The molecule has 3 rings (SSSR count). The van der Waals surface area contributed by atoms with E-state index in [-0.39, 0.29) is 18.9 Å². The largest absolute Gasteiger partial charge is 0.391 e. The minimum Gasteiger partial charge on any atom is -0.356 e. The summed E-state index contributed by atoms with van der Waals surface area (Å²) >= 11 is 0. The molecule has 2 aliphatic rings. The van der Waals surface area contributed by atoms with E-state index < -0.39 is 12.1 Å². The fourth-order valence-electron chi connectivity index (χ4n) is 3.94. The monoisotopic (exact) mass is 372 g/mol. The molecule has 1 aliphatic carbocycles.